The summed E-state index contributed by atoms with van der Waals surface area (Å²) in [6.45, 7) is 0. The third kappa shape index (κ3) is 5.43. The van der Waals surface area contributed by atoms with Gasteiger partial charge in [-0.15, -0.1) is 0 Å². The Bertz CT molecular complexity index is 1260. The Morgan fingerprint density at radius 2 is 2.09 bits per heavy atom. The average molecular weight is 492 g/mol. The van der Waals surface area contributed by atoms with Crippen LogP contribution in [0.1, 0.15) is 42.6 Å². The van der Waals surface area contributed by atoms with Gasteiger partial charge in [0.05, 0.1) is 17.4 Å². The van der Waals surface area contributed by atoms with Gasteiger partial charge < -0.3 is 15.4 Å². The van der Waals surface area contributed by atoms with Crippen molar-refractivity contribution < 1.29 is 19.1 Å². The van der Waals surface area contributed by atoms with Crippen LogP contribution in [0.5, 0.6) is 5.75 Å². The lowest BCUT2D eigenvalue weighted by Gasteiger charge is -2.15. The summed E-state index contributed by atoms with van der Waals surface area (Å²) in [5.74, 6) is 1.15. The quantitative estimate of drug-likeness (QED) is 0.279. The van der Waals surface area contributed by atoms with E-state index < -0.39 is 5.91 Å². The van der Waals surface area contributed by atoms with Crippen molar-refractivity contribution in [2.24, 2.45) is 5.92 Å². The molecule has 3 aromatic rings. The number of ether oxygens (including phenoxy) is 1. The number of hydrogen-bond donors (Lipinski definition) is 2. The fourth-order valence-electron chi connectivity index (χ4n) is 4.65. The predicted molar refractivity (Wildman–Crippen MR) is 132 cm³/mol. The van der Waals surface area contributed by atoms with Crippen LogP contribution in [0.2, 0.25) is 0 Å². The molecule has 0 radical (unpaired) electrons. The topological polar surface area (TPSA) is 123 Å². The van der Waals surface area contributed by atoms with Crippen molar-refractivity contribution in [3.05, 3.63) is 54.7 Å². The molecule has 3 unspecified atom stereocenters. The van der Waals surface area contributed by atoms with E-state index in [4.69, 9.17) is 4.74 Å². The Kier molecular flexibility index (Phi) is 6.89. The van der Waals surface area contributed by atoms with Gasteiger partial charge in [-0.1, -0.05) is 12.5 Å². The number of pyridine rings is 1. The fourth-order valence-corrected chi connectivity index (χ4v) is 6.30. The molecular weight excluding hydrogens is 466 g/mol. The summed E-state index contributed by atoms with van der Waals surface area (Å²) in [5, 5.41) is 7.05. The second-order valence-electron chi connectivity index (χ2n) is 8.72. The van der Waals surface area contributed by atoms with E-state index in [1.165, 1.54) is 18.6 Å². The van der Waals surface area contributed by atoms with Gasteiger partial charge >= 0.3 is 5.97 Å². The number of rotatable bonds is 8. The first-order valence-corrected chi connectivity index (χ1v) is 12.7. The molecule has 3 atom stereocenters. The standard InChI is InChI=1S/C25H25N5O4S/c31-22-12-17-20(29-22)14-35-21(17)5-1-2-6-23(32)34-16-10-15-4-3-7-28-24(15)18(11-16)30-25(33)19-13-26-8-9-27-19/h3-4,7-11,13,17,20-21H,1-2,5-6,12,14H2,(H,29,31)(H,30,33). The molecular formula is C25H25N5O4S. The minimum Gasteiger partial charge on any atom is -0.426 e. The van der Waals surface area contributed by atoms with Crippen LogP contribution in [0.4, 0.5) is 5.69 Å². The van der Waals surface area contributed by atoms with Crippen LogP contribution in [0.3, 0.4) is 0 Å². The highest BCUT2D eigenvalue weighted by Gasteiger charge is 2.42. The number of thioether (sulfide) groups is 1. The van der Waals surface area contributed by atoms with Crippen molar-refractivity contribution in [3.8, 4) is 5.75 Å². The van der Waals surface area contributed by atoms with Crippen LogP contribution in [-0.4, -0.2) is 49.8 Å². The number of amides is 2. The van der Waals surface area contributed by atoms with Crippen LogP contribution < -0.4 is 15.4 Å². The zero-order valence-corrected chi connectivity index (χ0v) is 19.8. The molecule has 35 heavy (non-hydrogen) atoms. The maximum absolute atomic E-state index is 12.6. The van der Waals surface area contributed by atoms with Gasteiger partial charge in [-0.2, -0.15) is 11.8 Å². The average Bonchev–Trinajstić information content (AvgIpc) is 3.41. The molecule has 2 aliphatic rings. The monoisotopic (exact) mass is 491 g/mol. The Morgan fingerprint density at radius 3 is 2.94 bits per heavy atom. The van der Waals surface area contributed by atoms with Crippen LogP contribution >= 0.6 is 11.8 Å². The van der Waals surface area contributed by atoms with Crippen LogP contribution in [0, 0.1) is 5.92 Å². The van der Waals surface area contributed by atoms with E-state index in [9.17, 15) is 14.4 Å². The summed E-state index contributed by atoms with van der Waals surface area (Å²) < 4.78 is 5.60. The molecule has 4 heterocycles. The maximum atomic E-state index is 12.6. The number of benzene rings is 1. The molecule has 0 spiro atoms. The lowest BCUT2D eigenvalue weighted by Crippen LogP contribution is -2.29. The maximum Gasteiger partial charge on any atom is 0.311 e. The van der Waals surface area contributed by atoms with Crippen LogP contribution in [-0.2, 0) is 9.59 Å². The number of nitrogens with one attached hydrogen (secondary N) is 2. The number of esters is 1. The van der Waals surface area contributed by atoms with Crippen molar-refractivity contribution in [3.63, 3.8) is 0 Å². The Morgan fingerprint density at radius 1 is 1.17 bits per heavy atom. The molecule has 0 aliphatic carbocycles. The zero-order chi connectivity index (χ0) is 24.2. The van der Waals surface area contributed by atoms with E-state index in [0.29, 0.717) is 47.0 Å². The molecule has 2 amide bonds. The van der Waals surface area contributed by atoms with E-state index >= 15 is 0 Å². The molecule has 10 heteroatoms. The summed E-state index contributed by atoms with van der Waals surface area (Å²) >= 11 is 1.92. The van der Waals surface area contributed by atoms with E-state index in [2.05, 4.69) is 25.6 Å². The molecule has 5 rings (SSSR count). The summed E-state index contributed by atoms with van der Waals surface area (Å²) in [7, 11) is 0. The minimum absolute atomic E-state index is 0.159. The molecule has 1 aromatic carbocycles. The number of fused-ring (bicyclic) bond motifs is 2. The number of hydrogen-bond acceptors (Lipinski definition) is 8. The van der Waals surface area contributed by atoms with Crippen molar-refractivity contribution >= 4 is 46.1 Å². The lowest BCUT2D eigenvalue weighted by molar-refractivity contribution is -0.134. The molecule has 0 bridgehead atoms. The van der Waals surface area contributed by atoms with Gasteiger partial charge in [-0.05, 0) is 25.0 Å². The van der Waals surface area contributed by atoms with Crippen molar-refractivity contribution in [1.29, 1.82) is 0 Å². The molecule has 0 saturated carbocycles. The number of anilines is 1. The van der Waals surface area contributed by atoms with Gasteiger partial charge in [0, 0.05) is 65.8 Å². The van der Waals surface area contributed by atoms with Crippen molar-refractivity contribution in [1.82, 2.24) is 20.3 Å². The first-order chi connectivity index (χ1) is 17.1. The van der Waals surface area contributed by atoms with Crippen LogP contribution in [0.15, 0.2) is 49.1 Å². The SMILES string of the molecule is O=C1CC2C(CSC2CCCCC(=O)Oc2cc(NC(=O)c3cnccn3)c3ncccc3c2)N1. The Labute approximate surface area is 206 Å². The van der Waals surface area contributed by atoms with Gasteiger partial charge in [-0.25, -0.2) is 4.98 Å². The number of carbonyl (C=O) groups excluding carboxylic acids is 3. The smallest absolute Gasteiger partial charge is 0.311 e. The summed E-state index contributed by atoms with van der Waals surface area (Å²) in [6, 6.07) is 7.26. The van der Waals surface area contributed by atoms with Gasteiger partial charge in [0.25, 0.3) is 5.91 Å². The lowest BCUT2D eigenvalue weighted by atomic mass is 9.94. The molecule has 9 nitrogen and oxygen atoms in total. The number of nitrogens with zero attached hydrogens (tertiary/aromatic N) is 3. The fraction of sp³-hybridized carbons (Fsp3) is 0.360. The summed E-state index contributed by atoms with van der Waals surface area (Å²) in [5.41, 5.74) is 1.18. The highest BCUT2D eigenvalue weighted by Crippen LogP contribution is 2.40. The molecule has 2 aliphatic heterocycles. The highest BCUT2D eigenvalue weighted by molar-refractivity contribution is 8.00. The van der Waals surface area contributed by atoms with E-state index in [1.54, 1.807) is 24.4 Å². The Balaban J connectivity index is 1.18. The normalized spacial score (nSPS) is 20.9. The van der Waals surface area contributed by atoms with Gasteiger partial charge in [-0.3, -0.25) is 24.4 Å². The van der Waals surface area contributed by atoms with E-state index in [0.717, 1.165) is 30.4 Å². The predicted octanol–water partition coefficient (Wildman–Crippen LogP) is 3.36. The first-order valence-electron chi connectivity index (χ1n) is 11.6. The highest BCUT2D eigenvalue weighted by atomic mass is 32.2. The van der Waals surface area contributed by atoms with Gasteiger partial charge in [0.15, 0.2) is 0 Å². The largest absolute Gasteiger partial charge is 0.426 e. The first kappa shape index (κ1) is 23.2. The zero-order valence-electron chi connectivity index (χ0n) is 19.0. The number of carbonyl (C=O) groups is 3. The Hall–Kier alpha value is -3.53. The van der Waals surface area contributed by atoms with Crippen molar-refractivity contribution in [2.45, 2.75) is 43.4 Å². The molecule has 2 N–H and O–H groups in total. The van der Waals surface area contributed by atoms with Gasteiger partial charge in [0.2, 0.25) is 5.91 Å². The van der Waals surface area contributed by atoms with E-state index in [-0.39, 0.29) is 17.6 Å². The van der Waals surface area contributed by atoms with E-state index in [1.807, 2.05) is 17.8 Å². The second kappa shape index (κ2) is 10.4. The molecule has 180 valence electrons. The number of aromatic nitrogens is 3. The summed E-state index contributed by atoms with van der Waals surface area (Å²) in [4.78, 5) is 49.0. The van der Waals surface area contributed by atoms with Gasteiger partial charge in [0.1, 0.15) is 11.4 Å². The number of unbranched alkanes of at least 4 members (excludes halogenated alkanes) is 1. The second-order valence-corrected chi connectivity index (χ2v) is 10.00. The third-order valence-corrected chi connectivity index (χ3v) is 7.89. The summed E-state index contributed by atoms with van der Waals surface area (Å²) in [6.07, 6.45) is 9.49. The molecule has 2 saturated heterocycles. The third-order valence-electron chi connectivity index (χ3n) is 6.33. The molecule has 2 fully saturated rings. The van der Waals surface area contributed by atoms with Crippen molar-refractivity contribution in [2.75, 3.05) is 11.1 Å². The van der Waals surface area contributed by atoms with Crippen LogP contribution in [0.25, 0.3) is 10.9 Å². The minimum atomic E-state index is -0.431. The molecule has 2 aromatic heterocycles.